The Labute approximate surface area is 95.8 Å². The highest BCUT2D eigenvalue weighted by atomic mass is 16.3. The van der Waals surface area contributed by atoms with Gasteiger partial charge in [-0.15, -0.1) is 0 Å². The number of nitrogens with two attached hydrogens (primary N) is 1. The van der Waals surface area contributed by atoms with Crippen LogP contribution in [0.1, 0.15) is 19.3 Å². The van der Waals surface area contributed by atoms with Gasteiger partial charge in [-0.25, -0.2) is 0 Å². The summed E-state index contributed by atoms with van der Waals surface area (Å²) < 4.78 is 1.86. The highest BCUT2D eigenvalue weighted by molar-refractivity contribution is 5.23. The van der Waals surface area contributed by atoms with E-state index in [0.29, 0.717) is 11.9 Å². The van der Waals surface area contributed by atoms with Gasteiger partial charge in [0, 0.05) is 25.3 Å². The third kappa shape index (κ3) is 2.74. The Hall–Kier alpha value is -1.07. The van der Waals surface area contributed by atoms with Crippen LogP contribution in [0, 0.1) is 0 Å². The van der Waals surface area contributed by atoms with Crippen LogP contribution in [0.3, 0.4) is 0 Å². The Morgan fingerprint density at radius 2 is 2.31 bits per heavy atom. The van der Waals surface area contributed by atoms with Gasteiger partial charge in [0.15, 0.2) is 0 Å². The van der Waals surface area contributed by atoms with Crippen molar-refractivity contribution in [2.45, 2.75) is 31.8 Å². The van der Waals surface area contributed by atoms with E-state index in [2.05, 4.69) is 10.00 Å². The SMILES string of the molecule is Nc1ccn(CCN(CCO)C2CCC2)n1. The lowest BCUT2D eigenvalue weighted by atomic mass is 9.91. The molecule has 0 aromatic carbocycles. The van der Waals surface area contributed by atoms with Crippen LogP contribution >= 0.6 is 0 Å². The molecule has 0 aliphatic heterocycles. The van der Waals surface area contributed by atoms with E-state index in [0.717, 1.165) is 19.6 Å². The van der Waals surface area contributed by atoms with Crippen LogP contribution in [0.5, 0.6) is 0 Å². The quantitative estimate of drug-likeness (QED) is 0.730. The van der Waals surface area contributed by atoms with Crippen molar-refractivity contribution < 1.29 is 5.11 Å². The van der Waals surface area contributed by atoms with Gasteiger partial charge in [0.05, 0.1) is 13.2 Å². The second-order valence-electron chi connectivity index (χ2n) is 4.35. The van der Waals surface area contributed by atoms with E-state index in [1.165, 1.54) is 19.3 Å². The largest absolute Gasteiger partial charge is 0.395 e. The van der Waals surface area contributed by atoms with E-state index in [1.54, 1.807) is 6.07 Å². The molecule has 5 heteroatoms. The molecule has 1 aromatic rings. The van der Waals surface area contributed by atoms with Gasteiger partial charge in [0.1, 0.15) is 5.82 Å². The molecular formula is C11H20N4O. The zero-order valence-electron chi connectivity index (χ0n) is 9.55. The number of anilines is 1. The molecule has 1 aromatic heterocycles. The van der Waals surface area contributed by atoms with E-state index in [4.69, 9.17) is 10.8 Å². The number of aliphatic hydroxyl groups excluding tert-OH is 1. The first kappa shape index (κ1) is 11.4. The highest BCUT2D eigenvalue weighted by Crippen LogP contribution is 2.24. The number of hydrogen-bond acceptors (Lipinski definition) is 4. The summed E-state index contributed by atoms with van der Waals surface area (Å²) in [6.07, 6.45) is 5.75. The second kappa shape index (κ2) is 5.32. The molecule has 1 aliphatic carbocycles. The highest BCUT2D eigenvalue weighted by Gasteiger charge is 2.23. The molecule has 90 valence electrons. The van der Waals surface area contributed by atoms with Crippen molar-refractivity contribution in [2.75, 3.05) is 25.4 Å². The maximum absolute atomic E-state index is 9.02. The summed E-state index contributed by atoms with van der Waals surface area (Å²) in [5.74, 6) is 0.567. The fraction of sp³-hybridized carbons (Fsp3) is 0.727. The molecule has 1 aliphatic rings. The summed E-state index contributed by atoms with van der Waals surface area (Å²) in [7, 11) is 0. The number of hydrogen-bond donors (Lipinski definition) is 2. The fourth-order valence-electron chi connectivity index (χ4n) is 2.09. The summed E-state index contributed by atoms with van der Waals surface area (Å²) in [5.41, 5.74) is 5.56. The average molecular weight is 224 g/mol. The van der Waals surface area contributed by atoms with Crippen molar-refractivity contribution in [3.63, 3.8) is 0 Å². The molecule has 5 nitrogen and oxygen atoms in total. The number of aromatic nitrogens is 2. The van der Waals surface area contributed by atoms with Crippen LogP contribution in [0.2, 0.25) is 0 Å². The maximum Gasteiger partial charge on any atom is 0.145 e. The molecule has 1 saturated carbocycles. The van der Waals surface area contributed by atoms with E-state index >= 15 is 0 Å². The molecule has 0 saturated heterocycles. The van der Waals surface area contributed by atoms with Gasteiger partial charge < -0.3 is 10.8 Å². The topological polar surface area (TPSA) is 67.3 Å². The number of rotatable bonds is 6. The van der Waals surface area contributed by atoms with Crippen molar-refractivity contribution in [3.05, 3.63) is 12.3 Å². The maximum atomic E-state index is 9.02. The molecule has 1 heterocycles. The molecule has 0 radical (unpaired) electrons. The Morgan fingerprint density at radius 1 is 1.50 bits per heavy atom. The monoisotopic (exact) mass is 224 g/mol. The predicted molar refractivity (Wildman–Crippen MR) is 62.9 cm³/mol. The number of nitrogen functional groups attached to an aromatic ring is 1. The zero-order valence-corrected chi connectivity index (χ0v) is 9.55. The molecular weight excluding hydrogens is 204 g/mol. The molecule has 16 heavy (non-hydrogen) atoms. The molecule has 0 spiro atoms. The minimum absolute atomic E-state index is 0.234. The predicted octanol–water partition coefficient (Wildman–Crippen LogP) is 0.312. The molecule has 1 fully saturated rings. The molecule has 0 bridgehead atoms. The van der Waals surface area contributed by atoms with Gasteiger partial charge in [-0.2, -0.15) is 5.10 Å². The average Bonchev–Trinajstić information content (AvgIpc) is 2.58. The van der Waals surface area contributed by atoms with E-state index in [9.17, 15) is 0 Å². The van der Waals surface area contributed by atoms with Crippen LogP contribution in [-0.2, 0) is 6.54 Å². The van der Waals surface area contributed by atoms with E-state index < -0.39 is 0 Å². The summed E-state index contributed by atoms with van der Waals surface area (Å²) >= 11 is 0. The molecule has 0 unspecified atom stereocenters. The van der Waals surface area contributed by atoms with Gasteiger partial charge in [0.2, 0.25) is 0 Å². The first-order valence-electron chi connectivity index (χ1n) is 5.93. The third-order valence-electron chi connectivity index (χ3n) is 3.26. The van der Waals surface area contributed by atoms with Crippen LogP contribution in [0.15, 0.2) is 12.3 Å². The van der Waals surface area contributed by atoms with Crippen LogP contribution in [0.25, 0.3) is 0 Å². The minimum atomic E-state index is 0.234. The van der Waals surface area contributed by atoms with Crippen LogP contribution in [-0.4, -0.2) is 45.5 Å². The molecule has 3 N–H and O–H groups in total. The summed E-state index contributed by atoms with van der Waals surface area (Å²) in [6.45, 7) is 2.78. The Kier molecular flexibility index (Phi) is 3.79. The van der Waals surface area contributed by atoms with Gasteiger partial charge in [-0.1, -0.05) is 6.42 Å². The normalized spacial score (nSPS) is 16.6. The lowest BCUT2D eigenvalue weighted by Gasteiger charge is -2.37. The van der Waals surface area contributed by atoms with Crippen molar-refractivity contribution in [1.29, 1.82) is 0 Å². The van der Waals surface area contributed by atoms with E-state index in [-0.39, 0.29) is 6.61 Å². The number of aliphatic hydroxyl groups is 1. The van der Waals surface area contributed by atoms with Crippen LogP contribution < -0.4 is 5.73 Å². The molecule has 2 rings (SSSR count). The lowest BCUT2D eigenvalue weighted by molar-refractivity contribution is 0.0967. The Morgan fingerprint density at radius 3 is 2.81 bits per heavy atom. The fourth-order valence-corrected chi connectivity index (χ4v) is 2.09. The lowest BCUT2D eigenvalue weighted by Crippen LogP contribution is -2.43. The first-order valence-corrected chi connectivity index (χ1v) is 5.93. The Bertz CT molecular complexity index is 322. The molecule has 0 atom stereocenters. The standard InChI is InChI=1S/C11H20N4O/c12-11-4-5-15(13-11)7-6-14(8-9-16)10-2-1-3-10/h4-5,10,16H,1-3,6-9H2,(H2,12,13). The van der Waals surface area contributed by atoms with Crippen LogP contribution in [0.4, 0.5) is 5.82 Å². The van der Waals surface area contributed by atoms with Gasteiger partial charge in [-0.05, 0) is 18.9 Å². The first-order chi connectivity index (χ1) is 7.79. The number of nitrogens with zero attached hydrogens (tertiary/aromatic N) is 3. The second-order valence-corrected chi connectivity index (χ2v) is 4.35. The summed E-state index contributed by atoms with van der Waals surface area (Å²) in [4.78, 5) is 2.35. The Balaban J connectivity index is 1.81. The summed E-state index contributed by atoms with van der Waals surface area (Å²) in [5, 5.41) is 13.2. The van der Waals surface area contributed by atoms with Crippen molar-refractivity contribution in [1.82, 2.24) is 14.7 Å². The zero-order chi connectivity index (χ0) is 11.4. The van der Waals surface area contributed by atoms with Gasteiger partial charge >= 0.3 is 0 Å². The van der Waals surface area contributed by atoms with Gasteiger partial charge in [0.25, 0.3) is 0 Å². The smallest absolute Gasteiger partial charge is 0.145 e. The third-order valence-corrected chi connectivity index (χ3v) is 3.26. The molecule has 0 amide bonds. The van der Waals surface area contributed by atoms with E-state index in [1.807, 2.05) is 10.9 Å². The van der Waals surface area contributed by atoms with Crippen molar-refractivity contribution in [2.24, 2.45) is 0 Å². The van der Waals surface area contributed by atoms with Crippen molar-refractivity contribution >= 4 is 5.82 Å². The van der Waals surface area contributed by atoms with Gasteiger partial charge in [-0.3, -0.25) is 9.58 Å². The minimum Gasteiger partial charge on any atom is -0.395 e. The van der Waals surface area contributed by atoms with Crippen molar-refractivity contribution in [3.8, 4) is 0 Å². The summed E-state index contributed by atoms with van der Waals surface area (Å²) in [6, 6.07) is 2.47.